The maximum atomic E-state index is 11.4. The lowest BCUT2D eigenvalue weighted by Crippen LogP contribution is -2.22. The van der Waals surface area contributed by atoms with E-state index in [9.17, 15) is 4.79 Å². The van der Waals surface area contributed by atoms with Crippen LogP contribution in [0.25, 0.3) is 0 Å². The minimum atomic E-state index is 0.319. The Balaban J connectivity index is 2.38. The normalized spacial score (nSPS) is 23.1. The van der Waals surface area contributed by atoms with Gasteiger partial charge in [-0.25, -0.2) is 0 Å². The third-order valence-electron chi connectivity index (χ3n) is 2.52. The summed E-state index contributed by atoms with van der Waals surface area (Å²) < 4.78 is 0. The number of likely N-dealkylation sites (N-methyl/N-ethyl adjacent to an activating group) is 1. The Bertz CT molecular complexity index is 276. The minimum absolute atomic E-state index is 0.319. The second-order valence-electron chi connectivity index (χ2n) is 3.41. The molecule has 0 atom stereocenters. The van der Waals surface area contributed by atoms with Crippen molar-refractivity contribution in [2.75, 3.05) is 13.6 Å². The van der Waals surface area contributed by atoms with Gasteiger partial charge in [-0.15, -0.1) is 0 Å². The van der Waals surface area contributed by atoms with Gasteiger partial charge in [0.15, 0.2) is 5.78 Å². The largest absolute Gasteiger partial charge is 0.371 e. The monoisotopic (exact) mass is 163 g/mol. The Labute approximate surface area is 72.6 Å². The molecule has 0 radical (unpaired) electrons. The third kappa shape index (κ3) is 1.07. The number of carbonyl (C=O) groups is 1. The van der Waals surface area contributed by atoms with E-state index in [2.05, 4.69) is 17.1 Å². The van der Waals surface area contributed by atoms with E-state index in [1.54, 1.807) is 0 Å². The van der Waals surface area contributed by atoms with Gasteiger partial charge in [0.2, 0.25) is 0 Å². The lowest BCUT2D eigenvalue weighted by atomic mass is 10.2. The average molecular weight is 163 g/mol. The van der Waals surface area contributed by atoms with Crippen molar-refractivity contribution in [3.05, 3.63) is 23.4 Å². The molecule has 12 heavy (non-hydrogen) atoms. The van der Waals surface area contributed by atoms with Crippen LogP contribution in [0.4, 0.5) is 0 Å². The molecule has 0 fully saturated rings. The van der Waals surface area contributed by atoms with E-state index < -0.39 is 0 Å². The molecule has 0 saturated carbocycles. The maximum absolute atomic E-state index is 11.4. The lowest BCUT2D eigenvalue weighted by molar-refractivity contribution is -0.116. The predicted octanol–water partition coefficient (Wildman–Crippen LogP) is 1.50. The molecule has 0 bridgehead atoms. The molecule has 0 aromatic carbocycles. The zero-order valence-electron chi connectivity index (χ0n) is 7.34. The van der Waals surface area contributed by atoms with E-state index in [0.717, 1.165) is 25.1 Å². The first-order valence-corrected chi connectivity index (χ1v) is 4.43. The Morgan fingerprint density at radius 2 is 2.25 bits per heavy atom. The first-order chi connectivity index (χ1) is 5.79. The van der Waals surface area contributed by atoms with Crippen molar-refractivity contribution in [2.45, 2.75) is 19.3 Å². The molecule has 1 aliphatic carbocycles. The summed E-state index contributed by atoms with van der Waals surface area (Å²) in [4.78, 5) is 13.5. The second-order valence-corrected chi connectivity index (χ2v) is 3.41. The number of hydrogen-bond acceptors (Lipinski definition) is 2. The van der Waals surface area contributed by atoms with Crippen molar-refractivity contribution < 1.29 is 4.79 Å². The number of rotatable bonds is 0. The fraction of sp³-hybridized carbons (Fsp3) is 0.500. The average Bonchev–Trinajstić information content (AvgIpc) is 2.29. The van der Waals surface area contributed by atoms with Gasteiger partial charge in [-0.2, -0.15) is 0 Å². The molecule has 0 unspecified atom stereocenters. The third-order valence-corrected chi connectivity index (χ3v) is 2.52. The fourth-order valence-electron chi connectivity index (χ4n) is 1.89. The highest BCUT2D eigenvalue weighted by molar-refractivity contribution is 5.98. The highest BCUT2D eigenvalue weighted by Crippen LogP contribution is 2.27. The van der Waals surface area contributed by atoms with Crippen molar-refractivity contribution in [3.8, 4) is 0 Å². The van der Waals surface area contributed by atoms with Gasteiger partial charge in [0.1, 0.15) is 0 Å². The molecule has 0 spiro atoms. The van der Waals surface area contributed by atoms with Crippen molar-refractivity contribution in [3.63, 3.8) is 0 Å². The van der Waals surface area contributed by atoms with Crippen LogP contribution in [0.5, 0.6) is 0 Å². The highest BCUT2D eigenvalue weighted by atomic mass is 16.1. The second kappa shape index (κ2) is 2.77. The topological polar surface area (TPSA) is 20.3 Å². The highest BCUT2D eigenvalue weighted by Gasteiger charge is 2.25. The SMILES string of the molecule is CN1CCC=CC2=C1C(=O)CC2. The standard InChI is InChI=1S/C10H13NO/c1-11-7-3-2-4-8-5-6-9(12)10(8)11/h2,4H,3,5-7H2,1H3. The van der Waals surface area contributed by atoms with Crippen LogP contribution in [0.3, 0.4) is 0 Å². The van der Waals surface area contributed by atoms with Crippen LogP contribution in [-0.2, 0) is 4.79 Å². The van der Waals surface area contributed by atoms with Gasteiger partial charge >= 0.3 is 0 Å². The van der Waals surface area contributed by atoms with Gasteiger partial charge in [0.25, 0.3) is 0 Å². The van der Waals surface area contributed by atoms with Crippen molar-refractivity contribution in [2.24, 2.45) is 0 Å². The first kappa shape index (κ1) is 7.59. The number of hydrogen-bond donors (Lipinski definition) is 0. The van der Waals surface area contributed by atoms with Crippen molar-refractivity contribution >= 4 is 5.78 Å². The zero-order valence-corrected chi connectivity index (χ0v) is 7.34. The molecule has 0 amide bonds. The molecule has 2 heteroatoms. The molecule has 1 heterocycles. The molecule has 0 aromatic heterocycles. The van der Waals surface area contributed by atoms with Gasteiger partial charge in [-0.05, 0) is 18.4 Å². The van der Waals surface area contributed by atoms with E-state index in [1.807, 2.05) is 7.05 Å². The number of nitrogens with zero attached hydrogens (tertiary/aromatic N) is 1. The van der Waals surface area contributed by atoms with E-state index in [0.29, 0.717) is 12.2 Å². The van der Waals surface area contributed by atoms with Crippen LogP contribution >= 0.6 is 0 Å². The molecule has 2 rings (SSSR count). The molecular weight excluding hydrogens is 150 g/mol. The first-order valence-electron chi connectivity index (χ1n) is 4.43. The van der Waals surface area contributed by atoms with E-state index in [4.69, 9.17) is 0 Å². The number of Topliss-reactive ketones (excluding diaryl/α,β-unsaturated/α-hetero) is 1. The molecule has 2 aliphatic rings. The fourth-order valence-corrected chi connectivity index (χ4v) is 1.89. The Morgan fingerprint density at radius 3 is 3.08 bits per heavy atom. The van der Waals surface area contributed by atoms with Crippen LogP contribution < -0.4 is 0 Å². The summed E-state index contributed by atoms with van der Waals surface area (Å²) in [7, 11) is 2.01. The van der Waals surface area contributed by atoms with Gasteiger partial charge < -0.3 is 4.90 Å². The molecular formula is C10H13NO. The zero-order chi connectivity index (χ0) is 8.55. The summed E-state index contributed by atoms with van der Waals surface area (Å²) >= 11 is 0. The van der Waals surface area contributed by atoms with Gasteiger partial charge in [-0.3, -0.25) is 4.79 Å². The summed E-state index contributed by atoms with van der Waals surface area (Å²) in [6, 6.07) is 0. The van der Waals surface area contributed by atoms with E-state index >= 15 is 0 Å². The number of carbonyl (C=O) groups excluding carboxylic acids is 1. The van der Waals surface area contributed by atoms with Gasteiger partial charge in [0.05, 0.1) is 5.70 Å². The molecule has 2 nitrogen and oxygen atoms in total. The number of allylic oxidation sites excluding steroid dienone is 3. The van der Waals surface area contributed by atoms with Crippen LogP contribution in [0.2, 0.25) is 0 Å². The van der Waals surface area contributed by atoms with Crippen molar-refractivity contribution in [1.29, 1.82) is 0 Å². The molecule has 0 N–H and O–H groups in total. The summed E-state index contributed by atoms with van der Waals surface area (Å²) in [5.74, 6) is 0.319. The van der Waals surface area contributed by atoms with Crippen LogP contribution in [0, 0.1) is 0 Å². The summed E-state index contributed by atoms with van der Waals surface area (Å²) in [6.45, 7) is 0.973. The minimum Gasteiger partial charge on any atom is -0.371 e. The summed E-state index contributed by atoms with van der Waals surface area (Å²) in [5, 5.41) is 0. The van der Waals surface area contributed by atoms with Crippen LogP contribution in [0.15, 0.2) is 23.4 Å². The predicted molar refractivity (Wildman–Crippen MR) is 47.7 cm³/mol. The Kier molecular flexibility index (Phi) is 1.75. The van der Waals surface area contributed by atoms with E-state index in [1.165, 1.54) is 5.57 Å². The lowest BCUT2D eigenvalue weighted by Gasteiger charge is -2.17. The Hall–Kier alpha value is -1.05. The van der Waals surface area contributed by atoms with Crippen molar-refractivity contribution in [1.82, 2.24) is 4.90 Å². The smallest absolute Gasteiger partial charge is 0.179 e. The Morgan fingerprint density at radius 1 is 1.42 bits per heavy atom. The van der Waals surface area contributed by atoms with Gasteiger partial charge in [0, 0.05) is 20.0 Å². The molecule has 1 aliphatic heterocycles. The molecule has 64 valence electrons. The maximum Gasteiger partial charge on any atom is 0.179 e. The van der Waals surface area contributed by atoms with Crippen LogP contribution in [-0.4, -0.2) is 24.3 Å². The molecule has 0 aromatic rings. The quantitative estimate of drug-likeness (QED) is 0.539. The van der Waals surface area contributed by atoms with Crippen LogP contribution in [0.1, 0.15) is 19.3 Å². The number of ketones is 1. The van der Waals surface area contributed by atoms with Gasteiger partial charge in [-0.1, -0.05) is 12.2 Å². The van der Waals surface area contributed by atoms with E-state index in [-0.39, 0.29) is 0 Å². The summed E-state index contributed by atoms with van der Waals surface area (Å²) in [5.41, 5.74) is 2.20. The molecule has 0 saturated heterocycles. The summed E-state index contributed by atoms with van der Waals surface area (Å²) in [6.07, 6.45) is 6.98.